The summed E-state index contributed by atoms with van der Waals surface area (Å²) in [5.41, 5.74) is 2.70. The first kappa shape index (κ1) is 14.3. The summed E-state index contributed by atoms with van der Waals surface area (Å²) in [5.74, 6) is 0. The van der Waals surface area contributed by atoms with Gasteiger partial charge >= 0.3 is 0 Å². The minimum Gasteiger partial charge on any atom is -0.377 e. The third kappa shape index (κ3) is 4.16. The topological polar surface area (TPSA) is 21.3 Å². The minimum absolute atomic E-state index is 0.342. The molecule has 1 aliphatic rings. The lowest BCUT2D eigenvalue weighted by atomic mass is 9.99. The maximum absolute atomic E-state index is 5.91. The van der Waals surface area contributed by atoms with Crippen LogP contribution in [-0.4, -0.2) is 18.8 Å². The summed E-state index contributed by atoms with van der Waals surface area (Å²) < 4.78 is 5.91. The van der Waals surface area contributed by atoms with Gasteiger partial charge in [0.25, 0.3) is 0 Å². The van der Waals surface area contributed by atoms with Crippen LogP contribution in [-0.2, 0) is 17.7 Å². The molecule has 2 atom stereocenters. The van der Waals surface area contributed by atoms with Gasteiger partial charge in [-0.3, -0.25) is 0 Å². The van der Waals surface area contributed by atoms with Crippen molar-refractivity contribution in [2.45, 2.75) is 38.0 Å². The molecule has 2 nitrogen and oxygen atoms in total. The first-order valence-electron chi connectivity index (χ1n) is 7.84. The summed E-state index contributed by atoms with van der Waals surface area (Å²) in [7, 11) is 0. The molecule has 1 saturated heterocycles. The van der Waals surface area contributed by atoms with Crippen LogP contribution < -0.4 is 5.32 Å². The Morgan fingerprint density at radius 2 is 1.62 bits per heavy atom. The van der Waals surface area contributed by atoms with E-state index in [1.165, 1.54) is 24.0 Å². The van der Waals surface area contributed by atoms with Gasteiger partial charge in [-0.25, -0.2) is 0 Å². The van der Waals surface area contributed by atoms with Gasteiger partial charge in [0.05, 0.1) is 6.10 Å². The van der Waals surface area contributed by atoms with Crippen LogP contribution in [0.2, 0.25) is 0 Å². The summed E-state index contributed by atoms with van der Waals surface area (Å²) in [5, 5.41) is 3.70. The van der Waals surface area contributed by atoms with Crippen LogP contribution >= 0.6 is 0 Å². The SMILES string of the molecule is c1ccc(CN[C@@H](Cc2ccccc2)[C@@H]2CCCO2)cc1. The van der Waals surface area contributed by atoms with E-state index in [-0.39, 0.29) is 0 Å². The molecule has 0 unspecified atom stereocenters. The summed E-state index contributed by atoms with van der Waals surface area (Å²) in [4.78, 5) is 0. The predicted octanol–water partition coefficient (Wildman–Crippen LogP) is 3.57. The third-order valence-electron chi connectivity index (χ3n) is 4.12. The summed E-state index contributed by atoms with van der Waals surface area (Å²) >= 11 is 0. The Morgan fingerprint density at radius 1 is 0.952 bits per heavy atom. The van der Waals surface area contributed by atoms with Crippen LogP contribution in [0.3, 0.4) is 0 Å². The zero-order valence-electron chi connectivity index (χ0n) is 12.4. The summed E-state index contributed by atoms with van der Waals surface area (Å²) in [6.45, 7) is 1.81. The molecule has 110 valence electrons. The van der Waals surface area contributed by atoms with E-state index in [1.54, 1.807) is 0 Å². The van der Waals surface area contributed by atoms with Gasteiger partial charge in [0.15, 0.2) is 0 Å². The van der Waals surface area contributed by atoms with Crippen molar-refractivity contribution in [3.05, 3.63) is 71.8 Å². The molecule has 0 amide bonds. The van der Waals surface area contributed by atoms with E-state index < -0.39 is 0 Å². The van der Waals surface area contributed by atoms with Crippen molar-refractivity contribution in [3.63, 3.8) is 0 Å². The van der Waals surface area contributed by atoms with Crippen molar-refractivity contribution in [1.29, 1.82) is 0 Å². The van der Waals surface area contributed by atoms with Crippen molar-refractivity contribution in [1.82, 2.24) is 5.32 Å². The highest BCUT2D eigenvalue weighted by Gasteiger charge is 2.25. The van der Waals surface area contributed by atoms with E-state index in [1.807, 2.05) is 0 Å². The highest BCUT2D eigenvalue weighted by Crippen LogP contribution is 2.19. The zero-order chi connectivity index (χ0) is 14.3. The Bertz CT molecular complexity index is 520. The second-order valence-corrected chi connectivity index (χ2v) is 5.71. The number of hydrogen-bond acceptors (Lipinski definition) is 2. The number of rotatable bonds is 6. The summed E-state index contributed by atoms with van der Waals surface area (Å²) in [6.07, 6.45) is 3.72. The molecule has 0 saturated carbocycles. The Kier molecular flexibility index (Phi) is 5.03. The molecule has 2 aromatic rings. The van der Waals surface area contributed by atoms with Crippen LogP contribution in [0.25, 0.3) is 0 Å². The van der Waals surface area contributed by atoms with E-state index in [9.17, 15) is 0 Å². The second kappa shape index (κ2) is 7.39. The van der Waals surface area contributed by atoms with Crippen LogP contribution in [0.1, 0.15) is 24.0 Å². The smallest absolute Gasteiger partial charge is 0.0732 e. The highest BCUT2D eigenvalue weighted by atomic mass is 16.5. The lowest BCUT2D eigenvalue weighted by molar-refractivity contribution is 0.0777. The molecule has 2 heteroatoms. The molecular formula is C19H23NO. The molecule has 0 aromatic heterocycles. The van der Waals surface area contributed by atoms with Crippen molar-refractivity contribution in [3.8, 4) is 0 Å². The number of nitrogens with one attached hydrogen (secondary N) is 1. The molecule has 3 rings (SSSR count). The van der Waals surface area contributed by atoms with Gasteiger partial charge in [0, 0.05) is 19.2 Å². The maximum Gasteiger partial charge on any atom is 0.0732 e. The monoisotopic (exact) mass is 281 g/mol. The van der Waals surface area contributed by atoms with Gasteiger partial charge in [-0.15, -0.1) is 0 Å². The van der Waals surface area contributed by atoms with E-state index in [0.29, 0.717) is 12.1 Å². The largest absolute Gasteiger partial charge is 0.377 e. The van der Waals surface area contributed by atoms with E-state index in [0.717, 1.165) is 19.6 Å². The van der Waals surface area contributed by atoms with Gasteiger partial charge in [-0.1, -0.05) is 60.7 Å². The number of ether oxygens (including phenoxy) is 1. The molecule has 1 heterocycles. The first-order valence-corrected chi connectivity index (χ1v) is 7.84. The Balaban J connectivity index is 1.64. The number of benzene rings is 2. The van der Waals surface area contributed by atoms with Crippen molar-refractivity contribution in [2.75, 3.05) is 6.61 Å². The molecule has 0 radical (unpaired) electrons. The minimum atomic E-state index is 0.342. The Hall–Kier alpha value is -1.64. The molecule has 1 aliphatic heterocycles. The van der Waals surface area contributed by atoms with E-state index >= 15 is 0 Å². The fraction of sp³-hybridized carbons (Fsp3) is 0.368. The fourth-order valence-corrected chi connectivity index (χ4v) is 2.97. The lowest BCUT2D eigenvalue weighted by Gasteiger charge is -2.24. The highest BCUT2D eigenvalue weighted by molar-refractivity contribution is 5.17. The molecule has 1 N–H and O–H groups in total. The standard InChI is InChI=1S/C19H23NO/c1-3-8-16(9-4-1)14-18(19-12-7-13-21-19)20-15-17-10-5-2-6-11-17/h1-6,8-11,18-20H,7,12-15H2/t18-,19-/m0/s1. The lowest BCUT2D eigenvalue weighted by Crippen LogP contribution is -2.41. The quantitative estimate of drug-likeness (QED) is 0.874. The molecule has 2 aromatic carbocycles. The number of hydrogen-bond donors (Lipinski definition) is 1. The Labute approximate surface area is 127 Å². The zero-order valence-corrected chi connectivity index (χ0v) is 12.4. The van der Waals surface area contributed by atoms with Crippen LogP contribution in [0.4, 0.5) is 0 Å². The predicted molar refractivity (Wildman–Crippen MR) is 86.2 cm³/mol. The van der Waals surface area contributed by atoms with Gasteiger partial charge < -0.3 is 10.1 Å². The van der Waals surface area contributed by atoms with Gasteiger partial charge in [-0.2, -0.15) is 0 Å². The Morgan fingerprint density at radius 3 is 2.24 bits per heavy atom. The molecule has 21 heavy (non-hydrogen) atoms. The average Bonchev–Trinajstić information content (AvgIpc) is 3.08. The molecular weight excluding hydrogens is 258 g/mol. The molecule has 0 aliphatic carbocycles. The van der Waals surface area contributed by atoms with Crippen LogP contribution in [0, 0.1) is 0 Å². The van der Waals surface area contributed by atoms with Gasteiger partial charge in [0.2, 0.25) is 0 Å². The second-order valence-electron chi connectivity index (χ2n) is 5.71. The van der Waals surface area contributed by atoms with E-state index in [2.05, 4.69) is 66.0 Å². The molecule has 1 fully saturated rings. The fourth-order valence-electron chi connectivity index (χ4n) is 2.97. The first-order chi connectivity index (χ1) is 10.4. The van der Waals surface area contributed by atoms with Gasteiger partial charge in [0.1, 0.15) is 0 Å². The van der Waals surface area contributed by atoms with Gasteiger partial charge in [-0.05, 0) is 30.4 Å². The molecule has 0 spiro atoms. The summed E-state index contributed by atoms with van der Waals surface area (Å²) in [6, 6.07) is 21.7. The maximum atomic E-state index is 5.91. The van der Waals surface area contributed by atoms with Crippen molar-refractivity contribution >= 4 is 0 Å². The normalized spacial score (nSPS) is 19.5. The van der Waals surface area contributed by atoms with Crippen molar-refractivity contribution < 1.29 is 4.74 Å². The van der Waals surface area contributed by atoms with Crippen LogP contribution in [0.5, 0.6) is 0 Å². The average molecular weight is 281 g/mol. The molecule has 0 bridgehead atoms. The third-order valence-corrected chi connectivity index (χ3v) is 4.12. The van der Waals surface area contributed by atoms with E-state index in [4.69, 9.17) is 4.74 Å². The van der Waals surface area contributed by atoms with Crippen molar-refractivity contribution in [2.24, 2.45) is 0 Å². The van der Waals surface area contributed by atoms with Crippen LogP contribution in [0.15, 0.2) is 60.7 Å².